The number of hydrogen-bond donors (Lipinski definition) is 3. The SMILES string of the molecule is COc1ccccc1CCNC(=O)CNc1ccc(F)c(NC(C)=O)c1. The molecular formula is C19H22FN3O3. The lowest BCUT2D eigenvalue weighted by atomic mass is 10.1. The van der Waals surface area contributed by atoms with Crippen LogP contribution in [-0.2, 0) is 16.0 Å². The Kier molecular flexibility index (Phi) is 6.96. The third-order valence-electron chi connectivity index (χ3n) is 3.64. The number of methoxy groups -OCH3 is 1. The molecule has 0 heterocycles. The van der Waals surface area contributed by atoms with Gasteiger partial charge in [0.25, 0.3) is 0 Å². The van der Waals surface area contributed by atoms with E-state index in [1.54, 1.807) is 7.11 Å². The van der Waals surface area contributed by atoms with Crippen LogP contribution in [0.5, 0.6) is 5.75 Å². The molecule has 0 spiro atoms. The summed E-state index contributed by atoms with van der Waals surface area (Å²) in [4.78, 5) is 23.0. The maximum atomic E-state index is 13.6. The maximum Gasteiger partial charge on any atom is 0.239 e. The Hall–Kier alpha value is -3.09. The van der Waals surface area contributed by atoms with Gasteiger partial charge in [0, 0.05) is 19.2 Å². The van der Waals surface area contributed by atoms with Crippen LogP contribution in [0.4, 0.5) is 15.8 Å². The van der Waals surface area contributed by atoms with Gasteiger partial charge >= 0.3 is 0 Å². The molecule has 7 heteroatoms. The monoisotopic (exact) mass is 359 g/mol. The predicted molar refractivity (Wildman–Crippen MR) is 98.9 cm³/mol. The van der Waals surface area contributed by atoms with E-state index in [-0.39, 0.29) is 24.0 Å². The summed E-state index contributed by atoms with van der Waals surface area (Å²) in [5.74, 6) is -0.302. The number of benzene rings is 2. The number of ether oxygens (including phenoxy) is 1. The molecule has 2 amide bonds. The van der Waals surface area contributed by atoms with Crippen molar-refractivity contribution in [3.8, 4) is 5.75 Å². The maximum absolute atomic E-state index is 13.6. The quantitative estimate of drug-likeness (QED) is 0.677. The molecule has 0 aliphatic rings. The molecule has 0 aliphatic carbocycles. The number of para-hydroxylation sites is 1. The Morgan fingerprint density at radius 2 is 1.92 bits per heavy atom. The first-order valence-electron chi connectivity index (χ1n) is 8.19. The molecule has 0 saturated heterocycles. The van der Waals surface area contributed by atoms with Crippen molar-refractivity contribution in [2.24, 2.45) is 0 Å². The van der Waals surface area contributed by atoms with Crippen LogP contribution >= 0.6 is 0 Å². The van der Waals surface area contributed by atoms with Crippen LogP contribution in [0.2, 0.25) is 0 Å². The number of nitrogens with one attached hydrogen (secondary N) is 3. The number of rotatable bonds is 8. The predicted octanol–water partition coefficient (Wildman–Crippen LogP) is 2.56. The van der Waals surface area contributed by atoms with E-state index >= 15 is 0 Å². The number of carbonyl (C=O) groups excluding carboxylic acids is 2. The van der Waals surface area contributed by atoms with Crippen molar-refractivity contribution in [3.63, 3.8) is 0 Å². The van der Waals surface area contributed by atoms with Gasteiger partial charge in [-0.25, -0.2) is 4.39 Å². The summed E-state index contributed by atoms with van der Waals surface area (Å²) in [7, 11) is 1.61. The molecule has 0 unspecified atom stereocenters. The fourth-order valence-electron chi connectivity index (χ4n) is 2.41. The van der Waals surface area contributed by atoms with Crippen molar-refractivity contribution in [3.05, 3.63) is 53.8 Å². The molecule has 2 rings (SSSR count). The molecule has 0 aromatic heterocycles. The zero-order valence-electron chi connectivity index (χ0n) is 14.8. The second-order valence-electron chi connectivity index (χ2n) is 5.64. The van der Waals surface area contributed by atoms with Crippen molar-refractivity contribution in [2.75, 3.05) is 30.8 Å². The van der Waals surface area contributed by atoms with E-state index < -0.39 is 5.82 Å². The highest BCUT2D eigenvalue weighted by atomic mass is 19.1. The molecule has 26 heavy (non-hydrogen) atoms. The minimum absolute atomic E-state index is 0.0388. The first kappa shape index (κ1) is 19.2. The van der Waals surface area contributed by atoms with Crippen molar-refractivity contribution >= 4 is 23.2 Å². The fraction of sp³-hybridized carbons (Fsp3) is 0.263. The van der Waals surface area contributed by atoms with Crippen LogP contribution < -0.4 is 20.7 Å². The minimum atomic E-state index is -0.535. The number of halogens is 1. The van der Waals surface area contributed by atoms with E-state index in [2.05, 4.69) is 16.0 Å². The van der Waals surface area contributed by atoms with Gasteiger partial charge in [-0.2, -0.15) is 0 Å². The van der Waals surface area contributed by atoms with Gasteiger partial charge in [-0.15, -0.1) is 0 Å². The molecule has 3 N–H and O–H groups in total. The van der Waals surface area contributed by atoms with Gasteiger partial charge in [-0.05, 0) is 36.2 Å². The van der Waals surface area contributed by atoms with Crippen LogP contribution in [0.15, 0.2) is 42.5 Å². The highest BCUT2D eigenvalue weighted by Gasteiger charge is 2.07. The van der Waals surface area contributed by atoms with E-state index in [9.17, 15) is 14.0 Å². The lowest BCUT2D eigenvalue weighted by Crippen LogP contribution is -2.31. The third kappa shape index (κ3) is 5.77. The molecule has 0 radical (unpaired) electrons. The van der Waals surface area contributed by atoms with E-state index in [0.29, 0.717) is 18.7 Å². The Morgan fingerprint density at radius 1 is 1.15 bits per heavy atom. The van der Waals surface area contributed by atoms with Crippen LogP contribution in [-0.4, -0.2) is 32.0 Å². The second-order valence-corrected chi connectivity index (χ2v) is 5.64. The fourth-order valence-corrected chi connectivity index (χ4v) is 2.41. The zero-order chi connectivity index (χ0) is 18.9. The number of amides is 2. The lowest BCUT2D eigenvalue weighted by molar-refractivity contribution is -0.119. The molecule has 0 atom stereocenters. The van der Waals surface area contributed by atoms with Crippen molar-refractivity contribution in [1.82, 2.24) is 5.32 Å². The Bertz CT molecular complexity index is 780. The summed E-state index contributed by atoms with van der Waals surface area (Å²) >= 11 is 0. The van der Waals surface area contributed by atoms with Crippen LogP contribution in [0.3, 0.4) is 0 Å². The average Bonchev–Trinajstić information content (AvgIpc) is 2.62. The van der Waals surface area contributed by atoms with Gasteiger partial charge in [0.05, 0.1) is 19.3 Å². The zero-order valence-corrected chi connectivity index (χ0v) is 14.8. The van der Waals surface area contributed by atoms with Crippen molar-refractivity contribution in [1.29, 1.82) is 0 Å². The summed E-state index contributed by atoms with van der Waals surface area (Å²) in [5.41, 5.74) is 1.62. The van der Waals surface area contributed by atoms with Gasteiger partial charge in [0.15, 0.2) is 0 Å². The van der Waals surface area contributed by atoms with E-state index in [1.807, 2.05) is 24.3 Å². The highest BCUT2D eigenvalue weighted by Crippen LogP contribution is 2.19. The van der Waals surface area contributed by atoms with Gasteiger partial charge in [0.1, 0.15) is 11.6 Å². The first-order valence-corrected chi connectivity index (χ1v) is 8.19. The van der Waals surface area contributed by atoms with E-state index in [0.717, 1.165) is 11.3 Å². The molecule has 0 saturated carbocycles. The van der Waals surface area contributed by atoms with Gasteiger partial charge in [0.2, 0.25) is 11.8 Å². The Morgan fingerprint density at radius 3 is 2.65 bits per heavy atom. The number of anilines is 2. The Balaban J connectivity index is 1.81. The smallest absolute Gasteiger partial charge is 0.239 e. The molecule has 6 nitrogen and oxygen atoms in total. The van der Waals surface area contributed by atoms with E-state index in [4.69, 9.17) is 4.74 Å². The normalized spacial score (nSPS) is 10.1. The lowest BCUT2D eigenvalue weighted by Gasteiger charge is -2.11. The van der Waals surface area contributed by atoms with Crippen molar-refractivity contribution < 1.29 is 18.7 Å². The second kappa shape index (κ2) is 9.41. The summed E-state index contributed by atoms with van der Waals surface area (Å²) in [6.45, 7) is 1.81. The van der Waals surface area contributed by atoms with Crippen LogP contribution in [0.25, 0.3) is 0 Å². The molecule has 2 aromatic carbocycles. The minimum Gasteiger partial charge on any atom is -0.496 e. The summed E-state index contributed by atoms with van der Waals surface area (Å²) in [5, 5.41) is 8.11. The largest absolute Gasteiger partial charge is 0.496 e. The molecule has 0 aliphatic heterocycles. The molecular weight excluding hydrogens is 337 g/mol. The Labute approximate surface area is 151 Å². The van der Waals surface area contributed by atoms with Gasteiger partial charge in [-0.3, -0.25) is 9.59 Å². The topological polar surface area (TPSA) is 79.5 Å². The first-order chi connectivity index (χ1) is 12.5. The van der Waals surface area contributed by atoms with Crippen molar-refractivity contribution in [2.45, 2.75) is 13.3 Å². The van der Waals surface area contributed by atoms with Crippen LogP contribution in [0, 0.1) is 5.82 Å². The summed E-state index contributed by atoms with van der Waals surface area (Å²) in [6.07, 6.45) is 0.652. The molecule has 138 valence electrons. The van der Waals surface area contributed by atoms with Crippen LogP contribution in [0.1, 0.15) is 12.5 Å². The summed E-state index contributed by atoms with van der Waals surface area (Å²) < 4.78 is 18.9. The molecule has 2 aromatic rings. The summed E-state index contributed by atoms with van der Waals surface area (Å²) in [6, 6.07) is 11.8. The highest BCUT2D eigenvalue weighted by molar-refractivity contribution is 5.89. The third-order valence-corrected chi connectivity index (χ3v) is 3.64. The van der Waals surface area contributed by atoms with E-state index in [1.165, 1.54) is 25.1 Å². The van der Waals surface area contributed by atoms with Gasteiger partial charge < -0.3 is 20.7 Å². The number of carbonyl (C=O) groups is 2. The number of hydrogen-bond acceptors (Lipinski definition) is 4. The standard InChI is InChI=1S/C19H22FN3O3/c1-13(24)23-17-11-15(7-8-16(17)20)22-12-19(25)21-10-9-14-5-3-4-6-18(14)26-2/h3-8,11,22H,9-10,12H2,1-2H3,(H,21,25)(H,23,24). The molecule has 0 bridgehead atoms. The average molecular weight is 359 g/mol. The van der Waals surface area contributed by atoms with Gasteiger partial charge in [-0.1, -0.05) is 18.2 Å². The molecule has 0 fully saturated rings.